The molecule has 1 amide bonds. The van der Waals surface area contributed by atoms with Crippen LogP contribution in [0.15, 0.2) is 36.7 Å². The first-order chi connectivity index (χ1) is 15.9. The molecule has 1 unspecified atom stereocenters. The molecule has 2 heterocycles. The zero-order valence-corrected chi connectivity index (χ0v) is 19.1. The molecular formula is C22H28N6O5. The first kappa shape index (κ1) is 23.8. The van der Waals surface area contributed by atoms with E-state index in [-0.39, 0.29) is 11.7 Å². The van der Waals surface area contributed by atoms with Crippen molar-refractivity contribution in [2.24, 2.45) is 0 Å². The second-order valence-electron chi connectivity index (χ2n) is 7.33. The number of amides is 1. The zero-order valence-electron chi connectivity index (χ0n) is 19.1. The maximum Gasteiger partial charge on any atom is 0.390 e. The summed E-state index contributed by atoms with van der Waals surface area (Å²) >= 11 is 0. The minimum absolute atomic E-state index is 0.284. The predicted molar refractivity (Wildman–Crippen MR) is 122 cm³/mol. The highest BCUT2D eigenvalue weighted by atomic mass is 16.6. The standard InChI is InChI=1S/C22H28N6O5/c1-5-18(27-15(4)10-21(25-27)28(30)31)22(29)24-17-12-23-26(14-17)13-16-8-9-19(32-6-2)20(11-16)33-7-3/h8-12,14,18H,5-7,13H2,1-4H3,(H,24,29). The SMILES string of the molecule is CCOc1ccc(Cn2cc(NC(=O)C(CC)n3nc([N+](=O)[O-])cc3C)cn2)cc1OCC. The molecule has 2 aromatic heterocycles. The summed E-state index contributed by atoms with van der Waals surface area (Å²) in [4.78, 5) is 23.3. The Morgan fingerprint density at radius 1 is 1.18 bits per heavy atom. The normalized spacial score (nSPS) is 11.8. The fourth-order valence-electron chi connectivity index (χ4n) is 3.47. The molecule has 0 radical (unpaired) electrons. The van der Waals surface area contributed by atoms with Crippen molar-refractivity contribution in [2.75, 3.05) is 18.5 Å². The molecule has 33 heavy (non-hydrogen) atoms. The van der Waals surface area contributed by atoms with E-state index >= 15 is 0 Å². The van der Waals surface area contributed by atoms with Crippen molar-refractivity contribution < 1.29 is 19.2 Å². The first-order valence-corrected chi connectivity index (χ1v) is 10.8. The molecule has 0 fully saturated rings. The van der Waals surface area contributed by atoms with E-state index < -0.39 is 11.0 Å². The number of aryl methyl sites for hydroxylation is 1. The minimum atomic E-state index is -0.679. The van der Waals surface area contributed by atoms with Crippen LogP contribution in [0.4, 0.5) is 11.5 Å². The molecule has 11 nitrogen and oxygen atoms in total. The van der Waals surface area contributed by atoms with Gasteiger partial charge in [-0.1, -0.05) is 13.0 Å². The lowest BCUT2D eigenvalue weighted by Crippen LogP contribution is -2.27. The van der Waals surface area contributed by atoms with E-state index in [4.69, 9.17) is 9.47 Å². The number of benzene rings is 1. The van der Waals surface area contributed by atoms with E-state index in [1.165, 1.54) is 10.7 Å². The van der Waals surface area contributed by atoms with E-state index in [2.05, 4.69) is 15.5 Å². The number of aromatic nitrogens is 4. The average Bonchev–Trinajstić information content (AvgIpc) is 3.37. The van der Waals surface area contributed by atoms with Crippen LogP contribution in [0.5, 0.6) is 11.5 Å². The molecule has 0 saturated carbocycles. The van der Waals surface area contributed by atoms with Crippen LogP contribution in [0.1, 0.15) is 44.5 Å². The second kappa shape index (κ2) is 10.6. The molecule has 0 bridgehead atoms. The Balaban J connectivity index is 1.70. The Kier molecular flexibility index (Phi) is 7.65. The van der Waals surface area contributed by atoms with Gasteiger partial charge in [0.1, 0.15) is 0 Å². The summed E-state index contributed by atoms with van der Waals surface area (Å²) in [5.74, 6) is 0.759. The Bertz CT molecular complexity index is 1120. The number of nitro groups is 1. The molecule has 3 aromatic rings. The van der Waals surface area contributed by atoms with E-state index in [9.17, 15) is 14.9 Å². The quantitative estimate of drug-likeness (QED) is 0.344. The van der Waals surface area contributed by atoms with Crippen LogP contribution in [0.25, 0.3) is 0 Å². The third-order valence-corrected chi connectivity index (χ3v) is 4.93. The third kappa shape index (κ3) is 5.68. The van der Waals surface area contributed by atoms with Gasteiger partial charge >= 0.3 is 5.82 Å². The van der Waals surface area contributed by atoms with Gasteiger partial charge in [-0.2, -0.15) is 9.78 Å². The maximum absolute atomic E-state index is 12.8. The lowest BCUT2D eigenvalue weighted by molar-refractivity contribution is -0.389. The number of hydrogen-bond acceptors (Lipinski definition) is 7. The zero-order chi connectivity index (χ0) is 24.0. The van der Waals surface area contributed by atoms with Gasteiger partial charge in [-0.15, -0.1) is 0 Å². The molecule has 3 rings (SSSR count). The largest absolute Gasteiger partial charge is 0.490 e. The molecular weight excluding hydrogens is 428 g/mol. The number of hydrogen-bond donors (Lipinski definition) is 1. The van der Waals surface area contributed by atoms with Crippen molar-refractivity contribution in [2.45, 2.75) is 46.7 Å². The van der Waals surface area contributed by atoms with Crippen LogP contribution in [0, 0.1) is 17.0 Å². The van der Waals surface area contributed by atoms with Crippen LogP contribution in [0.3, 0.4) is 0 Å². The van der Waals surface area contributed by atoms with Crippen LogP contribution < -0.4 is 14.8 Å². The molecule has 1 atom stereocenters. The average molecular weight is 457 g/mol. The minimum Gasteiger partial charge on any atom is -0.490 e. The van der Waals surface area contributed by atoms with Gasteiger partial charge < -0.3 is 24.9 Å². The van der Waals surface area contributed by atoms with E-state index in [1.54, 1.807) is 24.0 Å². The summed E-state index contributed by atoms with van der Waals surface area (Å²) in [5, 5.41) is 22.1. The summed E-state index contributed by atoms with van der Waals surface area (Å²) in [6.07, 6.45) is 3.70. The molecule has 1 aromatic carbocycles. The molecule has 0 spiro atoms. The van der Waals surface area contributed by atoms with Gasteiger partial charge in [0.05, 0.1) is 48.5 Å². The Morgan fingerprint density at radius 2 is 1.91 bits per heavy atom. The fraction of sp³-hybridized carbons (Fsp3) is 0.409. The molecule has 0 saturated heterocycles. The van der Waals surface area contributed by atoms with E-state index in [0.29, 0.717) is 49.1 Å². The summed E-state index contributed by atoms with van der Waals surface area (Å²) in [6, 6.07) is 6.39. The van der Waals surface area contributed by atoms with Crippen molar-refractivity contribution in [3.05, 3.63) is 58.0 Å². The highest BCUT2D eigenvalue weighted by molar-refractivity contribution is 5.93. The van der Waals surface area contributed by atoms with Crippen LogP contribution in [-0.2, 0) is 11.3 Å². The van der Waals surface area contributed by atoms with Crippen LogP contribution in [0.2, 0.25) is 0 Å². The summed E-state index contributed by atoms with van der Waals surface area (Å²) in [5.41, 5.74) is 2.03. The Hall–Kier alpha value is -3.89. The highest BCUT2D eigenvalue weighted by Gasteiger charge is 2.27. The van der Waals surface area contributed by atoms with E-state index in [1.807, 2.05) is 39.0 Å². The number of carbonyl (C=O) groups excluding carboxylic acids is 1. The maximum atomic E-state index is 12.8. The van der Waals surface area contributed by atoms with Gasteiger partial charge in [0.25, 0.3) is 5.91 Å². The monoisotopic (exact) mass is 456 g/mol. The molecule has 0 aliphatic carbocycles. The van der Waals surface area contributed by atoms with Crippen molar-refractivity contribution >= 4 is 17.4 Å². The number of nitrogens with one attached hydrogen (secondary N) is 1. The molecule has 176 valence electrons. The lowest BCUT2D eigenvalue weighted by atomic mass is 10.2. The van der Waals surface area contributed by atoms with E-state index in [0.717, 1.165) is 5.56 Å². The second-order valence-corrected chi connectivity index (χ2v) is 7.33. The van der Waals surface area contributed by atoms with Crippen molar-refractivity contribution in [3.8, 4) is 11.5 Å². The number of carbonyl (C=O) groups is 1. The van der Waals surface area contributed by atoms with Gasteiger partial charge in [-0.3, -0.25) is 9.48 Å². The predicted octanol–water partition coefficient (Wildman–Crippen LogP) is 3.73. The topological polar surface area (TPSA) is 126 Å². The molecule has 11 heteroatoms. The number of rotatable bonds is 11. The summed E-state index contributed by atoms with van der Waals surface area (Å²) < 4.78 is 14.3. The van der Waals surface area contributed by atoms with Gasteiger partial charge in [0.2, 0.25) is 0 Å². The fourth-order valence-corrected chi connectivity index (χ4v) is 3.47. The lowest BCUT2D eigenvalue weighted by Gasteiger charge is -2.13. The molecule has 0 aliphatic heterocycles. The highest BCUT2D eigenvalue weighted by Crippen LogP contribution is 2.29. The van der Waals surface area contributed by atoms with Gasteiger partial charge in [0.15, 0.2) is 17.5 Å². The first-order valence-electron chi connectivity index (χ1n) is 10.8. The van der Waals surface area contributed by atoms with Gasteiger partial charge in [0, 0.05) is 6.20 Å². The Morgan fingerprint density at radius 3 is 2.55 bits per heavy atom. The molecule has 0 aliphatic rings. The molecule has 1 N–H and O–H groups in total. The van der Waals surface area contributed by atoms with Crippen molar-refractivity contribution in [3.63, 3.8) is 0 Å². The summed E-state index contributed by atoms with van der Waals surface area (Å²) in [7, 11) is 0. The van der Waals surface area contributed by atoms with Crippen LogP contribution >= 0.6 is 0 Å². The third-order valence-electron chi connectivity index (χ3n) is 4.93. The van der Waals surface area contributed by atoms with Gasteiger partial charge in [-0.05, 0) is 49.8 Å². The Labute approximate surface area is 191 Å². The number of anilines is 1. The number of nitrogens with zero attached hydrogens (tertiary/aromatic N) is 5. The summed E-state index contributed by atoms with van der Waals surface area (Å²) in [6.45, 7) is 8.89. The smallest absolute Gasteiger partial charge is 0.390 e. The number of ether oxygens (including phenoxy) is 2. The van der Waals surface area contributed by atoms with Crippen molar-refractivity contribution in [1.82, 2.24) is 19.6 Å². The van der Waals surface area contributed by atoms with Crippen molar-refractivity contribution in [1.29, 1.82) is 0 Å². The van der Waals surface area contributed by atoms with Crippen LogP contribution in [-0.4, -0.2) is 43.6 Å². The van der Waals surface area contributed by atoms with Gasteiger partial charge in [-0.25, -0.2) is 0 Å².